The summed E-state index contributed by atoms with van der Waals surface area (Å²) in [5.74, 6) is -1.83. The maximum atomic E-state index is 13.0. The molecule has 0 aromatic carbocycles. The van der Waals surface area contributed by atoms with Gasteiger partial charge in [-0.25, -0.2) is 0 Å². The molecule has 27 heavy (non-hydrogen) atoms. The first-order valence-electron chi connectivity index (χ1n) is 9.29. The molecule has 0 spiro atoms. The third kappa shape index (κ3) is 5.66. The highest BCUT2D eigenvalue weighted by Gasteiger charge is 2.39. The van der Waals surface area contributed by atoms with Gasteiger partial charge in [0.05, 0.1) is 12.6 Å². The van der Waals surface area contributed by atoms with Crippen LogP contribution in [0.2, 0.25) is 0 Å². The smallest absolute Gasteiger partial charge is 0.248 e. The number of amides is 4. The molecule has 0 aromatic heterocycles. The fourth-order valence-corrected chi connectivity index (χ4v) is 3.02. The first-order chi connectivity index (χ1) is 12.5. The summed E-state index contributed by atoms with van der Waals surface area (Å²) in [6, 6.07) is -2.85. The molecule has 1 fully saturated rings. The Hall–Kier alpha value is -2.16. The lowest BCUT2D eigenvalue weighted by Gasteiger charge is -2.37. The maximum absolute atomic E-state index is 13.0. The number of aliphatic hydroxyl groups excluding tert-OH is 1. The zero-order valence-electron chi connectivity index (χ0n) is 17.0. The van der Waals surface area contributed by atoms with E-state index in [0.29, 0.717) is 6.42 Å². The first-order valence-corrected chi connectivity index (χ1v) is 9.29. The van der Waals surface area contributed by atoms with Crippen molar-refractivity contribution in [2.24, 2.45) is 5.92 Å². The highest BCUT2D eigenvalue weighted by molar-refractivity contribution is 5.96. The number of nitrogens with zero attached hydrogens (tertiary/aromatic N) is 2. The monoisotopic (exact) mass is 384 g/mol. The second-order valence-corrected chi connectivity index (χ2v) is 7.46. The minimum atomic E-state index is -1.14. The van der Waals surface area contributed by atoms with E-state index in [9.17, 15) is 24.3 Å². The normalized spacial score (nSPS) is 27.0. The van der Waals surface area contributed by atoms with Crippen LogP contribution in [0, 0.1) is 5.92 Å². The average Bonchev–Trinajstić information content (AvgIpc) is 2.62. The molecule has 9 nitrogen and oxygen atoms in total. The number of rotatable bonds is 4. The summed E-state index contributed by atoms with van der Waals surface area (Å²) in [6.45, 7) is 6.77. The van der Waals surface area contributed by atoms with E-state index in [2.05, 4.69) is 10.6 Å². The van der Waals surface area contributed by atoms with Gasteiger partial charge in [0.25, 0.3) is 0 Å². The van der Waals surface area contributed by atoms with Crippen LogP contribution in [0.1, 0.15) is 40.5 Å². The van der Waals surface area contributed by atoms with Crippen LogP contribution in [0.3, 0.4) is 0 Å². The van der Waals surface area contributed by atoms with Crippen molar-refractivity contribution in [1.82, 2.24) is 20.4 Å². The number of hydrogen-bond donors (Lipinski definition) is 3. The molecular formula is C18H32N4O5. The fraction of sp³-hybridized carbons (Fsp3) is 0.778. The molecule has 0 radical (unpaired) electrons. The molecule has 1 aliphatic rings. The summed E-state index contributed by atoms with van der Waals surface area (Å²) in [6.07, 6.45) is -0.468. The predicted molar refractivity (Wildman–Crippen MR) is 99.5 cm³/mol. The van der Waals surface area contributed by atoms with Gasteiger partial charge < -0.3 is 25.5 Å². The SMILES string of the molecule is CC[C@H](O)[C@H]1C(=O)N(C)[C@H](C)C(=O)NCC(=O)N[C@@H](CC(C)C)C(=O)N1C. The third-order valence-electron chi connectivity index (χ3n) is 4.87. The van der Waals surface area contributed by atoms with Crippen LogP contribution in [-0.2, 0) is 19.2 Å². The molecule has 0 unspecified atom stereocenters. The van der Waals surface area contributed by atoms with Gasteiger partial charge >= 0.3 is 0 Å². The molecule has 1 rings (SSSR count). The Labute approximate surface area is 160 Å². The Morgan fingerprint density at radius 1 is 1.11 bits per heavy atom. The van der Waals surface area contributed by atoms with Crippen LogP contribution in [-0.4, -0.2) is 83.4 Å². The molecule has 0 aliphatic carbocycles. The van der Waals surface area contributed by atoms with Crippen LogP contribution in [0.5, 0.6) is 0 Å². The molecule has 0 aromatic rings. The Kier molecular flexibility index (Phi) is 8.20. The largest absolute Gasteiger partial charge is 0.390 e. The van der Waals surface area contributed by atoms with Crippen LogP contribution < -0.4 is 10.6 Å². The van der Waals surface area contributed by atoms with Crippen molar-refractivity contribution < 1.29 is 24.3 Å². The van der Waals surface area contributed by atoms with Gasteiger partial charge in [0.15, 0.2) is 0 Å². The van der Waals surface area contributed by atoms with Crippen molar-refractivity contribution in [3.63, 3.8) is 0 Å². The van der Waals surface area contributed by atoms with Gasteiger partial charge in [-0.3, -0.25) is 19.2 Å². The molecule has 0 saturated carbocycles. The lowest BCUT2D eigenvalue weighted by atomic mass is 9.99. The highest BCUT2D eigenvalue weighted by atomic mass is 16.3. The molecule has 9 heteroatoms. The van der Waals surface area contributed by atoms with Gasteiger partial charge in [0, 0.05) is 14.1 Å². The second-order valence-electron chi connectivity index (χ2n) is 7.46. The Bertz CT molecular complexity index is 580. The molecule has 1 saturated heterocycles. The second kappa shape index (κ2) is 9.68. The van der Waals surface area contributed by atoms with Crippen molar-refractivity contribution >= 4 is 23.6 Å². The van der Waals surface area contributed by atoms with Crippen molar-refractivity contribution in [2.45, 2.75) is 64.8 Å². The number of carbonyl (C=O) groups is 4. The number of aliphatic hydroxyl groups is 1. The maximum Gasteiger partial charge on any atom is 0.248 e. The number of nitrogens with one attached hydrogen (secondary N) is 2. The minimum Gasteiger partial charge on any atom is -0.390 e. The van der Waals surface area contributed by atoms with E-state index in [-0.39, 0.29) is 18.9 Å². The van der Waals surface area contributed by atoms with Gasteiger partial charge in [-0.05, 0) is 25.7 Å². The molecule has 1 heterocycles. The Morgan fingerprint density at radius 2 is 1.70 bits per heavy atom. The molecule has 4 atom stereocenters. The lowest BCUT2D eigenvalue weighted by Crippen LogP contribution is -2.62. The molecule has 4 amide bonds. The zero-order chi connectivity index (χ0) is 20.9. The molecule has 154 valence electrons. The standard InChI is InChI=1S/C18H32N4O5/c1-7-13(23)15-18(27)21(5)11(4)16(25)19-9-14(24)20-12(8-10(2)3)17(26)22(15)6/h10-13,15,23H,7-9H2,1-6H3,(H,19,25)(H,20,24)/t11-,12+,13+,15+/m1/s1. The number of likely N-dealkylation sites (N-methyl/N-ethyl adjacent to an activating group) is 2. The number of carbonyl (C=O) groups excluding carboxylic acids is 4. The summed E-state index contributed by atoms with van der Waals surface area (Å²) in [4.78, 5) is 52.8. The first kappa shape index (κ1) is 22.9. The third-order valence-corrected chi connectivity index (χ3v) is 4.87. The lowest BCUT2D eigenvalue weighted by molar-refractivity contribution is -0.153. The summed E-state index contributed by atoms with van der Waals surface area (Å²) in [5, 5.41) is 15.5. The van der Waals surface area contributed by atoms with Crippen LogP contribution >= 0.6 is 0 Å². The van der Waals surface area contributed by atoms with E-state index < -0.39 is 47.9 Å². The fourth-order valence-electron chi connectivity index (χ4n) is 3.02. The minimum absolute atomic E-state index is 0.114. The zero-order valence-corrected chi connectivity index (χ0v) is 17.0. The van der Waals surface area contributed by atoms with E-state index in [1.165, 1.54) is 30.8 Å². The van der Waals surface area contributed by atoms with E-state index in [0.717, 1.165) is 0 Å². The van der Waals surface area contributed by atoms with Crippen molar-refractivity contribution in [1.29, 1.82) is 0 Å². The van der Waals surface area contributed by atoms with E-state index in [1.807, 2.05) is 13.8 Å². The Morgan fingerprint density at radius 3 is 2.22 bits per heavy atom. The molecule has 0 bridgehead atoms. The van der Waals surface area contributed by atoms with Crippen molar-refractivity contribution in [3.8, 4) is 0 Å². The summed E-state index contributed by atoms with van der Waals surface area (Å²) in [7, 11) is 2.88. The van der Waals surface area contributed by atoms with E-state index in [4.69, 9.17) is 0 Å². The predicted octanol–water partition coefficient (Wildman–Crippen LogP) is -0.908. The van der Waals surface area contributed by atoms with Crippen LogP contribution in [0.15, 0.2) is 0 Å². The average molecular weight is 384 g/mol. The summed E-state index contributed by atoms with van der Waals surface area (Å²) >= 11 is 0. The van der Waals surface area contributed by atoms with Crippen molar-refractivity contribution in [2.75, 3.05) is 20.6 Å². The van der Waals surface area contributed by atoms with Gasteiger partial charge in [-0.2, -0.15) is 0 Å². The highest BCUT2D eigenvalue weighted by Crippen LogP contribution is 2.16. The van der Waals surface area contributed by atoms with Gasteiger partial charge in [0.2, 0.25) is 23.6 Å². The van der Waals surface area contributed by atoms with Gasteiger partial charge in [0.1, 0.15) is 18.1 Å². The molecule has 3 N–H and O–H groups in total. The van der Waals surface area contributed by atoms with E-state index >= 15 is 0 Å². The summed E-state index contributed by atoms with van der Waals surface area (Å²) < 4.78 is 0. The van der Waals surface area contributed by atoms with Gasteiger partial charge in [-0.15, -0.1) is 0 Å². The number of hydrogen-bond acceptors (Lipinski definition) is 5. The Balaban J connectivity index is 3.34. The van der Waals surface area contributed by atoms with Crippen molar-refractivity contribution in [3.05, 3.63) is 0 Å². The quantitative estimate of drug-likeness (QED) is 0.580. The van der Waals surface area contributed by atoms with Gasteiger partial charge in [-0.1, -0.05) is 20.8 Å². The van der Waals surface area contributed by atoms with Crippen LogP contribution in [0.4, 0.5) is 0 Å². The molecular weight excluding hydrogens is 352 g/mol. The molecule has 1 aliphatic heterocycles. The van der Waals surface area contributed by atoms with E-state index in [1.54, 1.807) is 6.92 Å². The topological polar surface area (TPSA) is 119 Å². The van der Waals surface area contributed by atoms with Crippen LogP contribution in [0.25, 0.3) is 0 Å². The summed E-state index contributed by atoms with van der Waals surface area (Å²) in [5.41, 5.74) is 0.